The number of nitrogens with one attached hydrogen (secondary N) is 1. The second kappa shape index (κ2) is 6.61. The van der Waals surface area contributed by atoms with Crippen molar-refractivity contribution in [1.29, 1.82) is 0 Å². The number of carbonyl (C=O) groups excluding carboxylic acids is 1. The smallest absolute Gasteiger partial charge is 0.252 e. The first-order valence-corrected chi connectivity index (χ1v) is 7.25. The van der Waals surface area contributed by atoms with Gasteiger partial charge in [0.25, 0.3) is 5.91 Å². The first kappa shape index (κ1) is 14.0. The predicted molar refractivity (Wildman–Crippen MR) is 71.7 cm³/mol. The van der Waals surface area contributed by atoms with Crippen molar-refractivity contribution in [2.45, 2.75) is 6.42 Å². The Kier molecular flexibility index (Phi) is 5.44. The van der Waals surface area contributed by atoms with Crippen LogP contribution in [-0.2, 0) is 10.8 Å². The van der Waals surface area contributed by atoms with E-state index in [4.69, 9.17) is 17.3 Å². The summed E-state index contributed by atoms with van der Waals surface area (Å²) < 4.78 is 10.8. The molecule has 0 aliphatic heterocycles. The molecule has 1 aromatic rings. The molecular weight excluding hydrogens is 260 g/mol. The molecule has 0 spiro atoms. The normalized spacial score (nSPS) is 12.1. The quantitative estimate of drug-likeness (QED) is 0.630. The summed E-state index contributed by atoms with van der Waals surface area (Å²) in [5, 5.41) is 2.98. The molecule has 1 unspecified atom stereocenters. The monoisotopic (exact) mass is 274 g/mol. The average Bonchev–Trinajstić information content (AvgIpc) is 2.27. The topological polar surface area (TPSA) is 72.2 Å². The number of nitrogens with two attached hydrogens (primary N) is 1. The molecule has 0 aromatic heterocycles. The van der Waals surface area contributed by atoms with Gasteiger partial charge in [0.15, 0.2) is 0 Å². The SMILES string of the molecule is CS(=O)CCCNC(=O)c1cccc(N)c1Cl. The molecular formula is C11H15ClN2O2S. The Morgan fingerprint density at radius 3 is 2.88 bits per heavy atom. The Bertz CT molecular complexity index is 437. The van der Waals surface area contributed by atoms with E-state index < -0.39 is 10.8 Å². The second-order valence-corrected chi connectivity index (χ2v) is 5.53. The van der Waals surface area contributed by atoms with Crippen molar-refractivity contribution in [3.8, 4) is 0 Å². The highest BCUT2D eigenvalue weighted by Gasteiger charge is 2.11. The van der Waals surface area contributed by atoms with E-state index in [1.807, 2.05) is 0 Å². The summed E-state index contributed by atoms with van der Waals surface area (Å²) in [5.41, 5.74) is 6.35. The van der Waals surface area contributed by atoms with Crippen LogP contribution in [-0.4, -0.2) is 28.7 Å². The number of amides is 1. The minimum absolute atomic E-state index is 0.260. The largest absolute Gasteiger partial charge is 0.398 e. The summed E-state index contributed by atoms with van der Waals surface area (Å²) >= 11 is 5.92. The molecule has 6 heteroatoms. The number of benzene rings is 1. The molecule has 17 heavy (non-hydrogen) atoms. The number of hydrogen-bond acceptors (Lipinski definition) is 3. The van der Waals surface area contributed by atoms with E-state index in [1.165, 1.54) is 0 Å². The van der Waals surface area contributed by atoms with Gasteiger partial charge in [-0.15, -0.1) is 0 Å². The molecule has 94 valence electrons. The van der Waals surface area contributed by atoms with Gasteiger partial charge in [0, 0.05) is 29.4 Å². The zero-order valence-corrected chi connectivity index (χ0v) is 11.1. The van der Waals surface area contributed by atoms with Gasteiger partial charge in [0.2, 0.25) is 0 Å². The van der Waals surface area contributed by atoms with Crippen LogP contribution in [0.4, 0.5) is 5.69 Å². The van der Waals surface area contributed by atoms with E-state index in [9.17, 15) is 9.00 Å². The summed E-state index contributed by atoms with van der Waals surface area (Å²) in [4.78, 5) is 11.7. The molecule has 0 aliphatic carbocycles. The standard InChI is InChI=1S/C11H15ClN2O2S/c1-17(16)7-3-6-14-11(15)8-4-2-5-9(13)10(8)12/h2,4-5H,3,6-7,13H2,1H3,(H,14,15). The number of carbonyl (C=O) groups is 1. The van der Waals surface area contributed by atoms with Gasteiger partial charge in [-0.05, 0) is 18.6 Å². The van der Waals surface area contributed by atoms with Gasteiger partial charge in [-0.2, -0.15) is 0 Å². The van der Waals surface area contributed by atoms with Crippen LogP contribution >= 0.6 is 11.6 Å². The molecule has 1 atom stereocenters. The Morgan fingerprint density at radius 2 is 2.24 bits per heavy atom. The number of nitrogen functional groups attached to an aromatic ring is 1. The molecule has 4 nitrogen and oxygen atoms in total. The Balaban J connectivity index is 2.53. The predicted octanol–water partition coefficient (Wildman–Crippen LogP) is 1.42. The van der Waals surface area contributed by atoms with Crippen molar-refractivity contribution in [3.63, 3.8) is 0 Å². The molecule has 0 radical (unpaired) electrons. The number of halogens is 1. The molecule has 0 aliphatic rings. The van der Waals surface area contributed by atoms with Crippen molar-refractivity contribution < 1.29 is 9.00 Å². The highest BCUT2D eigenvalue weighted by molar-refractivity contribution is 7.84. The zero-order chi connectivity index (χ0) is 12.8. The van der Waals surface area contributed by atoms with Gasteiger partial charge in [0.05, 0.1) is 16.3 Å². The molecule has 3 N–H and O–H groups in total. The van der Waals surface area contributed by atoms with Crippen LogP contribution in [0, 0.1) is 0 Å². The molecule has 0 saturated heterocycles. The van der Waals surface area contributed by atoms with E-state index in [0.717, 1.165) is 0 Å². The fourth-order valence-corrected chi connectivity index (χ4v) is 2.06. The van der Waals surface area contributed by atoms with E-state index >= 15 is 0 Å². The van der Waals surface area contributed by atoms with Crippen LogP contribution in [0.2, 0.25) is 5.02 Å². The lowest BCUT2D eigenvalue weighted by atomic mass is 10.2. The maximum atomic E-state index is 11.7. The van der Waals surface area contributed by atoms with Crippen LogP contribution in [0.5, 0.6) is 0 Å². The fraction of sp³-hybridized carbons (Fsp3) is 0.364. The van der Waals surface area contributed by atoms with E-state index in [0.29, 0.717) is 30.0 Å². The summed E-state index contributed by atoms with van der Waals surface area (Å²) in [6.07, 6.45) is 2.31. The zero-order valence-electron chi connectivity index (χ0n) is 9.53. The first-order chi connectivity index (χ1) is 8.02. The molecule has 0 saturated carbocycles. The molecule has 1 rings (SSSR count). The minimum Gasteiger partial charge on any atom is -0.398 e. The third-order valence-corrected chi connectivity index (χ3v) is 3.45. The second-order valence-electron chi connectivity index (χ2n) is 3.60. The Labute approximate surface area is 108 Å². The highest BCUT2D eigenvalue weighted by Crippen LogP contribution is 2.22. The van der Waals surface area contributed by atoms with Crippen LogP contribution in [0.1, 0.15) is 16.8 Å². The number of rotatable bonds is 5. The van der Waals surface area contributed by atoms with Crippen molar-refractivity contribution in [3.05, 3.63) is 28.8 Å². The van der Waals surface area contributed by atoms with Crippen LogP contribution < -0.4 is 11.1 Å². The molecule has 0 heterocycles. The van der Waals surface area contributed by atoms with Crippen molar-refractivity contribution in [2.24, 2.45) is 0 Å². The summed E-state index contributed by atoms with van der Waals surface area (Å²) in [7, 11) is -0.830. The first-order valence-electron chi connectivity index (χ1n) is 5.14. The van der Waals surface area contributed by atoms with E-state index in [1.54, 1.807) is 24.5 Å². The molecule has 0 fully saturated rings. The lowest BCUT2D eigenvalue weighted by molar-refractivity contribution is 0.0954. The van der Waals surface area contributed by atoms with Gasteiger partial charge < -0.3 is 11.1 Å². The third-order valence-electron chi connectivity index (χ3n) is 2.17. The number of anilines is 1. The lowest BCUT2D eigenvalue weighted by Gasteiger charge is -2.07. The van der Waals surface area contributed by atoms with E-state index in [2.05, 4.69) is 5.32 Å². The van der Waals surface area contributed by atoms with E-state index in [-0.39, 0.29) is 10.9 Å². The van der Waals surface area contributed by atoms with Crippen LogP contribution in [0.15, 0.2) is 18.2 Å². The Morgan fingerprint density at radius 1 is 1.53 bits per heavy atom. The molecule has 1 aromatic carbocycles. The summed E-state index contributed by atoms with van der Waals surface area (Å²) in [5.74, 6) is 0.314. The van der Waals surface area contributed by atoms with Crippen LogP contribution in [0.3, 0.4) is 0 Å². The maximum Gasteiger partial charge on any atom is 0.252 e. The fourth-order valence-electron chi connectivity index (χ4n) is 1.30. The van der Waals surface area contributed by atoms with Gasteiger partial charge in [-0.1, -0.05) is 17.7 Å². The van der Waals surface area contributed by atoms with Crippen molar-refractivity contribution in [2.75, 3.05) is 24.3 Å². The van der Waals surface area contributed by atoms with Crippen molar-refractivity contribution >= 4 is 34.0 Å². The Hall–Kier alpha value is -1.07. The van der Waals surface area contributed by atoms with Crippen LogP contribution in [0.25, 0.3) is 0 Å². The summed E-state index contributed by atoms with van der Waals surface area (Å²) in [6.45, 7) is 0.476. The molecule has 0 bridgehead atoms. The maximum absolute atomic E-state index is 11.7. The van der Waals surface area contributed by atoms with Gasteiger partial charge in [0.1, 0.15) is 0 Å². The summed E-state index contributed by atoms with van der Waals surface area (Å²) in [6, 6.07) is 4.93. The molecule has 1 amide bonds. The van der Waals surface area contributed by atoms with Gasteiger partial charge >= 0.3 is 0 Å². The van der Waals surface area contributed by atoms with Gasteiger partial charge in [-0.3, -0.25) is 9.00 Å². The average molecular weight is 275 g/mol. The number of hydrogen-bond donors (Lipinski definition) is 2. The third kappa shape index (κ3) is 4.36. The minimum atomic E-state index is -0.830. The highest BCUT2D eigenvalue weighted by atomic mass is 35.5. The van der Waals surface area contributed by atoms with Crippen molar-refractivity contribution in [1.82, 2.24) is 5.32 Å². The lowest BCUT2D eigenvalue weighted by Crippen LogP contribution is -2.25. The van der Waals surface area contributed by atoms with Gasteiger partial charge in [-0.25, -0.2) is 0 Å².